The molecule has 0 saturated carbocycles. The van der Waals surface area contributed by atoms with E-state index in [1.807, 2.05) is 0 Å². The van der Waals surface area contributed by atoms with E-state index in [-0.39, 0.29) is 6.42 Å². The van der Waals surface area contributed by atoms with E-state index in [1.54, 1.807) is 0 Å². The maximum atomic E-state index is 10.3. The molecule has 0 atom stereocenters. The van der Waals surface area contributed by atoms with Crippen molar-refractivity contribution in [3.8, 4) is 0 Å². The van der Waals surface area contributed by atoms with Gasteiger partial charge in [0, 0.05) is 6.42 Å². The Kier molecular flexibility index (Phi) is 15.2. The molecule has 2 heteroatoms. The highest BCUT2D eigenvalue weighted by atomic mass is 16.4. The fraction of sp³-hybridized carbons (Fsp3) is 0.722. The van der Waals surface area contributed by atoms with Crippen LogP contribution in [-0.2, 0) is 4.79 Å². The van der Waals surface area contributed by atoms with Crippen molar-refractivity contribution in [1.82, 2.24) is 0 Å². The SMILES string of the molecule is CCCCCCC=CCCCC/C=C\CCCC(=O)O. The molecule has 0 fully saturated rings. The average Bonchev–Trinajstić information content (AvgIpc) is 2.43. The highest BCUT2D eigenvalue weighted by Gasteiger charge is 1.93. The zero-order chi connectivity index (χ0) is 14.9. The summed E-state index contributed by atoms with van der Waals surface area (Å²) in [7, 11) is 0. The number of aliphatic carboxylic acids is 1. The number of allylic oxidation sites excluding steroid dienone is 4. The summed E-state index contributed by atoms with van der Waals surface area (Å²) < 4.78 is 0. The summed E-state index contributed by atoms with van der Waals surface area (Å²) in [5.74, 6) is -0.695. The molecule has 0 aliphatic heterocycles. The van der Waals surface area contributed by atoms with Gasteiger partial charge in [0.2, 0.25) is 0 Å². The van der Waals surface area contributed by atoms with Crippen molar-refractivity contribution in [3.63, 3.8) is 0 Å². The first-order chi connectivity index (χ1) is 9.77. The van der Waals surface area contributed by atoms with E-state index in [9.17, 15) is 4.79 Å². The molecule has 0 aliphatic rings. The first-order valence-corrected chi connectivity index (χ1v) is 8.29. The lowest BCUT2D eigenvalue weighted by Gasteiger charge is -1.95. The third kappa shape index (κ3) is 16.9. The van der Waals surface area contributed by atoms with Crippen LogP contribution in [0.1, 0.15) is 84.0 Å². The van der Waals surface area contributed by atoms with Crippen molar-refractivity contribution in [2.24, 2.45) is 0 Å². The topological polar surface area (TPSA) is 37.3 Å². The van der Waals surface area contributed by atoms with Gasteiger partial charge in [0.05, 0.1) is 0 Å². The third-order valence-electron chi connectivity index (χ3n) is 3.31. The smallest absolute Gasteiger partial charge is 0.303 e. The quantitative estimate of drug-likeness (QED) is 0.318. The van der Waals surface area contributed by atoms with Crippen LogP contribution >= 0.6 is 0 Å². The van der Waals surface area contributed by atoms with Crippen LogP contribution in [-0.4, -0.2) is 11.1 Å². The van der Waals surface area contributed by atoms with Crippen molar-refractivity contribution in [3.05, 3.63) is 24.3 Å². The lowest BCUT2D eigenvalue weighted by atomic mass is 10.1. The van der Waals surface area contributed by atoms with Crippen LogP contribution in [0.2, 0.25) is 0 Å². The van der Waals surface area contributed by atoms with Gasteiger partial charge in [0.25, 0.3) is 0 Å². The van der Waals surface area contributed by atoms with Gasteiger partial charge in [-0.15, -0.1) is 0 Å². The molecule has 0 unspecified atom stereocenters. The van der Waals surface area contributed by atoms with Crippen LogP contribution in [0.5, 0.6) is 0 Å². The van der Waals surface area contributed by atoms with Gasteiger partial charge < -0.3 is 5.11 Å². The highest BCUT2D eigenvalue weighted by Crippen LogP contribution is 2.06. The number of unbranched alkanes of at least 4 members (excludes halogenated alkanes) is 8. The van der Waals surface area contributed by atoms with Gasteiger partial charge in [-0.05, 0) is 51.4 Å². The summed E-state index contributed by atoms with van der Waals surface area (Å²) >= 11 is 0. The maximum Gasteiger partial charge on any atom is 0.303 e. The summed E-state index contributed by atoms with van der Waals surface area (Å²) in [6, 6.07) is 0. The summed E-state index contributed by atoms with van der Waals surface area (Å²) in [4.78, 5) is 10.3. The number of carboxylic acids is 1. The number of carboxylic acid groups (broad SMARTS) is 1. The molecule has 1 N–H and O–H groups in total. The minimum absolute atomic E-state index is 0.285. The van der Waals surface area contributed by atoms with E-state index in [0.717, 1.165) is 19.3 Å². The molecular weight excluding hydrogens is 248 g/mol. The van der Waals surface area contributed by atoms with Crippen LogP contribution in [0.15, 0.2) is 24.3 Å². The molecule has 0 saturated heterocycles. The van der Waals surface area contributed by atoms with E-state index in [4.69, 9.17) is 5.11 Å². The second-order valence-corrected chi connectivity index (χ2v) is 5.36. The summed E-state index contributed by atoms with van der Waals surface area (Å²) in [5, 5.41) is 8.49. The first kappa shape index (κ1) is 18.9. The lowest BCUT2D eigenvalue weighted by Crippen LogP contribution is -1.92. The molecule has 0 bridgehead atoms. The second-order valence-electron chi connectivity index (χ2n) is 5.36. The number of hydrogen-bond donors (Lipinski definition) is 1. The van der Waals surface area contributed by atoms with Gasteiger partial charge in [0.1, 0.15) is 0 Å². The predicted octanol–water partition coefficient (Wildman–Crippen LogP) is 5.88. The Morgan fingerprint density at radius 3 is 1.65 bits per heavy atom. The molecule has 0 radical (unpaired) electrons. The number of rotatable bonds is 14. The third-order valence-corrected chi connectivity index (χ3v) is 3.31. The molecule has 0 aliphatic carbocycles. The summed E-state index contributed by atoms with van der Waals surface area (Å²) in [6.45, 7) is 2.25. The number of hydrogen-bond acceptors (Lipinski definition) is 1. The van der Waals surface area contributed by atoms with Gasteiger partial charge in [-0.3, -0.25) is 4.79 Å². The largest absolute Gasteiger partial charge is 0.481 e. The molecule has 116 valence electrons. The monoisotopic (exact) mass is 280 g/mol. The molecule has 0 spiro atoms. The summed E-state index contributed by atoms with van der Waals surface area (Å²) in [6.07, 6.45) is 22.3. The lowest BCUT2D eigenvalue weighted by molar-refractivity contribution is -0.137. The van der Waals surface area contributed by atoms with E-state index in [2.05, 4.69) is 31.2 Å². The van der Waals surface area contributed by atoms with E-state index < -0.39 is 5.97 Å². The standard InChI is InChI=1S/C18H32O2/c1-2-3-4-5-6-7-8-9-10-11-12-13-14-15-16-17-18(19)20/h7-8,13-14H,2-6,9-12,15-17H2,1H3,(H,19,20)/b8-7?,14-13-. The van der Waals surface area contributed by atoms with Crippen molar-refractivity contribution < 1.29 is 9.90 Å². The van der Waals surface area contributed by atoms with Crippen LogP contribution in [0, 0.1) is 0 Å². The first-order valence-electron chi connectivity index (χ1n) is 8.29. The van der Waals surface area contributed by atoms with Crippen molar-refractivity contribution >= 4 is 5.97 Å². The summed E-state index contributed by atoms with van der Waals surface area (Å²) in [5.41, 5.74) is 0. The van der Waals surface area contributed by atoms with Crippen molar-refractivity contribution in [2.75, 3.05) is 0 Å². The Morgan fingerprint density at radius 1 is 0.750 bits per heavy atom. The van der Waals surface area contributed by atoms with Gasteiger partial charge in [0.15, 0.2) is 0 Å². The predicted molar refractivity (Wildman–Crippen MR) is 87.0 cm³/mol. The van der Waals surface area contributed by atoms with Crippen LogP contribution in [0.3, 0.4) is 0 Å². The molecule has 0 aromatic rings. The minimum atomic E-state index is -0.695. The Labute approximate surface area is 125 Å². The Bertz CT molecular complexity index is 267. The van der Waals surface area contributed by atoms with Gasteiger partial charge >= 0.3 is 5.97 Å². The van der Waals surface area contributed by atoms with Crippen molar-refractivity contribution in [1.29, 1.82) is 0 Å². The normalized spacial score (nSPS) is 11.7. The molecule has 0 amide bonds. The molecular formula is C18H32O2. The van der Waals surface area contributed by atoms with Crippen molar-refractivity contribution in [2.45, 2.75) is 84.0 Å². The van der Waals surface area contributed by atoms with E-state index >= 15 is 0 Å². The zero-order valence-electron chi connectivity index (χ0n) is 13.2. The fourth-order valence-corrected chi connectivity index (χ4v) is 2.06. The molecule has 2 nitrogen and oxygen atoms in total. The number of carbonyl (C=O) groups is 1. The Balaban J connectivity index is 3.17. The van der Waals surface area contributed by atoms with Gasteiger partial charge in [-0.2, -0.15) is 0 Å². The highest BCUT2D eigenvalue weighted by molar-refractivity contribution is 5.66. The van der Waals surface area contributed by atoms with Crippen LogP contribution in [0.4, 0.5) is 0 Å². The fourth-order valence-electron chi connectivity index (χ4n) is 2.06. The van der Waals surface area contributed by atoms with E-state index in [0.29, 0.717) is 0 Å². The van der Waals surface area contributed by atoms with Gasteiger partial charge in [-0.1, -0.05) is 50.5 Å². The second kappa shape index (κ2) is 16.0. The molecule has 0 rings (SSSR count). The maximum absolute atomic E-state index is 10.3. The molecule has 20 heavy (non-hydrogen) atoms. The van der Waals surface area contributed by atoms with E-state index in [1.165, 1.54) is 51.4 Å². The average molecular weight is 280 g/mol. The zero-order valence-corrected chi connectivity index (χ0v) is 13.2. The Morgan fingerprint density at radius 2 is 1.20 bits per heavy atom. The molecule has 0 heterocycles. The minimum Gasteiger partial charge on any atom is -0.481 e. The molecule has 0 aromatic heterocycles. The Hall–Kier alpha value is -1.05. The van der Waals surface area contributed by atoms with Crippen LogP contribution in [0.25, 0.3) is 0 Å². The van der Waals surface area contributed by atoms with Gasteiger partial charge in [-0.25, -0.2) is 0 Å². The van der Waals surface area contributed by atoms with Crippen LogP contribution < -0.4 is 0 Å². The molecule has 0 aromatic carbocycles.